The second-order valence-corrected chi connectivity index (χ2v) is 8.62. The maximum atomic E-state index is 11.7. The Hall–Kier alpha value is -3.35. The van der Waals surface area contributed by atoms with Gasteiger partial charge in [0.2, 0.25) is 0 Å². The van der Waals surface area contributed by atoms with Gasteiger partial charge in [-0.1, -0.05) is 47.6 Å². The molecule has 0 fully saturated rings. The number of allylic oxidation sites excluding steroid dienone is 4. The standard InChI is InChI=1S/C30H38O6/c1-22(2)8-7-9-23(3)10-17-27-28(35-20-32-4)18-25(19-29(27)36-21-33-5)12-11-24-13-15-26(16-14-24)30(31)34-6/h8,10-16,18-19H,7,9,17,20-21H2,1-6H3. The molecule has 0 saturated carbocycles. The van der Waals surface area contributed by atoms with E-state index in [1.54, 1.807) is 26.4 Å². The van der Waals surface area contributed by atoms with Crippen LogP contribution in [0.3, 0.4) is 0 Å². The Morgan fingerprint density at radius 1 is 0.806 bits per heavy atom. The van der Waals surface area contributed by atoms with Crippen LogP contribution >= 0.6 is 0 Å². The third-order valence-electron chi connectivity index (χ3n) is 5.40. The minimum Gasteiger partial charge on any atom is -0.467 e. The lowest BCUT2D eigenvalue weighted by molar-refractivity contribution is 0.0448. The van der Waals surface area contributed by atoms with E-state index in [-0.39, 0.29) is 19.6 Å². The largest absolute Gasteiger partial charge is 0.467 e. The Bertz CT molecular complexity index is 1030. The molecule has 0 N–H and O–H groups in total. The summed E-state index contributed by atoms with van der Waals surface area (Å²) < 4.78 is 27.0. The molecule has 6 heteroatoms. The Kier molecular flexibility index (Phi) is 12.5. The minimum atomic E-state index is -0.359. The molecule has 0 spiro atoms. The van der Waals surface area contributed by atoms with Crippen LogP contribution in [0.4, 0.5) is 0 Å². The van der Waals surface area contributed by atoms with Crippen LogP contribution in [-0.2, 0) is 20.6 Å². The van der Waals surface area contributed by atoms with Gasteiger partial charge < -0.3 is 23.7 Å². The Morgan fingerprint density at radius 3 is 1.92 bits per heavy atom. The van der Waals surface area contributed by atoms with Crippen LogP contribution in [0.1, 0.15) is 60.7 Å². The lowest BCUT2D eigenvalue weighted by atomic mass is 10.0. The zero-order valence-electron chi connectivity index (χ0n) is 22.3. The molecule has 0 aliphatic rings. The van der Waals surface area contributed by atoms with E-state index in [0.717, 1.165) is 29.5 Å². The number of methoxy groups -OCH3 is 3. The molecule has 0 unspecified atom stereocenters. The highest BCUT2D eigenvalue weighted by molar-refractivity contribution is 5.89. The van der Waals surface area contributed by atoms with Gasteiger partial charge in [-0.15, -0.1) is 0 Å². The Labute approximate surface area is 215 Å². The molecule has 194 valence electrons. The van der Waals surface area contributed by atoms with Crippen LogP contribution in [0.15, 0.2) is 59.7 Å². The van der Waals surface area contributed by atoms with E-state index in [4.69, 9.17) is 23.7 Å². The molecule has 2 rings (SSSR count). The summed E-state index contributed by atoms with van der Waals surface area (Å²) in [4.78, 5) is 11.7. The van der Waals surface area contributed by atoms with Crippen LogP contribution in [-0.4, -0.2) is 40.9 Å². The van der Waals surface area contributed by atoms with Gasteiger partial charge in [0.1, 0.15) is 11.5 Å². The first-order valence-corrected chi connectivity index (χ1v) is 11.9. The van der Waals surface area contributed by atoms with Crippen molar-refractivity contribution in [1.82, 2.24) is 0 Å². The third-order valence-corrected chi connectivity index (χ3v) is 5.40. The third kappa shape index (κ3) is 9.72. The molecule has 0 amide bonds. The summed E-state index contributed by atoms with van der Waals surface area (Å²) in [6, 6.07) is 11.1. The highest BCUT2D eigenvalue weighted by Gasteiger charge is 2.13. The summed E-state index contributed by atoms with van der Waals surface area (Å²) in [6.07, 6.45) is 11.1. The predicted molar refractivity (Wildman–Crippen MR) is 144 cm³/mol. The quantitative estimate of drug-likeness (QED) is 0.124. The summed E-state index contributed by atoms with van der Waals surface area (Å²) >= 11 is 0. The number of hydrogen-bond acceptors (Lipinski definition) is 6. The van der Waals surface area contributed by atoms with E-state index < -0.39 is 0 Å². The molecule has 36 heavy (non-hydrogen) atoms. The lowest BCUT2D eigenvalue weighted by Gasteiger charge is -2.16. The number of carbonyl (C=O) groups is 1. The van der Waals surface area contributed by atoms with Crippen molar-refractivity contribution >= 4 is 18.1 Å². The van der Waals surface area contributed by atoms with Crippen LogP contribution in [0.2, 0.25) is 0 Å². The molecule has 0 aliphatic heterocycles. The van der Waals surface area contributed by atoms with E-state index in [1.807, 2.05) is 36.4 Å². The van der Waals surface area contributed by atoms with E-state index >= 15 is 0 Å². The van der Waals surface area contributed by atoms with Crippen molar-refractivity contribution in [1.29, 1.82) is 0 Å². The van der Waals surface area contributed by atoms with Crippen LogP contribution in [0.25, 0.3) is 12.2 Å². The highest BCUT2D eigenvalue weighted by Crippen LogP contribution is 2.33. The lowest BCUT2D eigenvalue weighted by Crippen LogP contribution is -2.06. The molecular weight excluding hydrogens is 456 g/mol. The first-order valence-electron chi connectivity index (χ1n) is 11.9. The van der Waals surface area contributed by atoms with Gasteiger partial charge >= 0.3 is 5.97 Å². The Balaban J connectivity index is 2.34. The smallest absolute Gasteiger partial charge is 0.337 e. The molecule has 0 aliphatic carbocycles. The van der Waals surface area contributed by atoms with Gasteiger partial charge in [0.05, 0.1) is 12.7 Å². The molecule has 6 nitrogen and oxygen atoms in total. The monoisotopic (exact) mass is 494 g/mol. The normalized spacial score (nSPS) is 11.4. The van der Waals surface area contributed by atoms with Crippen molar-refractivity contribution in [2.24, 2.45) is 0 Å². The van der Waals surface area contributed by atoms with Gasteiger partial charge in [-0.05, 0) is 75.4 Å². The summed E-state index contributed by atoms with van der Waals surface area (Å²) in [6.45, 7) is 6.63. The fraction of sp³-hybridized carbons (Fsp3) is 0.367. The molecule has 0 saturated heterocycles. The number of rotatable bonds is 14. The average molecular weight is 495 g/mol. The number of hydrogen-bond donors (Lipinski definition) is 0. The van der Waals surface area contributed by atoms with Gasteiger partial charge in [-0.2, -0.15) is 0 Å². The fourth-order valence-electron chi connectivity index (χ4n) is 3.45. The molecule has 0 heterocycles. The van der Waals surface area contributed by atoms with Crippen molar-refractivity contribution in [3.8, 4) is 11.5 Å². The van der Waals surface area contributed by atoms with Crippen LogP contribution in [0, 0.1) is 0 Å². The molecule has 2 aromatic carbocycles. The second-order valence-electron chi connectivity index (χ2n) is 8.62. The summed E-state index contributed by atoms with van der Waals surface area (Å²) in [7, 11) is 4.56. The van der Waals surface area contributed by atoms with Crippen molar-refractivity contribution in [2.45, 2.75) is 40.0 Å². The summed E-state index contributed by atoms with van der Waals surface area (Å²) in [5, 5.41) is 0. The minimum absolute atomic E-state index is 0.127. The maximum absolute atomic E-state index is 11.7. The first-order chi connectivity index (χ1) is 17.4. The molecule has 0 aromatic heterocycles. The van der Waals surface area contributed by atoms with Crippen LogP contribution < -0.4 is 9.47 Å². The van der Waals surface area contributed by atoms with Gasteiger partial charge in [0.25, 0.3) is 0 Å². The van der Waals surface area contributed by atoms with E-state index in [0.29, 0.717) is 23.5 Å². The van der Waals surface area contributed by atoms with Crippen molar-refractivity contribution in [2.75, 3.05) is 34.9 Å². The van der Waals surface area contributed by atoms with Crippen molar-refractivity contribution < 1.29 is 28.5 Å². The fourth-order valence-corrected chi connectivity index (χ4v) is 3.45. The van der Waals surface area contributed by atoms with E-state index in [1.165, 1.54) is 18.3 Å². The van der Waals surface area contributed by atoms with Gasteiger partial charge in [0, 0.05) is 19.8 Å². The SMILES string of the molecule is COCOc1cc(C=Cc2ccc(C(=O)OC)cc2)cc(OCOC)c1CC=C(C)CCC=C(C)C. The number of ether oxygens (including phenoxy) is 5. The molecular formula is C30H38O6. The van der Waals surface area contributed by atoms with Gasteiger partial charge in [-0.25, -0.2) is 4.79 Å². The molecule has 0 bridgehead atoms. The first kappa shape index (κ1) is 28.9. The maximum Gasteiger partial charge on any atom is 0.337 e. The van der Waals surface area contributed by atoms with Gasteiger partial charge in [0.15, 0.2) is 13.6 Å². The van der Waals surface area contributed by atoms with Crippen LogP contribution in [0.5, 0.6) is 11.5 Å². The highest BCUT2D eigenvalue weighted by atomic mass is 16.7. The van der Waals surface area contributed by atoms with Crippen molar-refractivity contribution in [3.63, 3.8) is 0 Å². The van der Waals surface area contributed by atoms with Gasteiger partial charge in [-0.3, -0.25) is 0 Å². The topological polar surface area (TPSA) is 63.2 Å². The van der Waals surface area contributed by atoms with E-state index in [9.17, 15) is 4.79 Å². The Morgan fingerprint density at radius 2 is 1.39 bits per heavy atom. The zero-order valence-corrected chi connectivity index (χ0v) is 22.3. The molecule has 2 aromatic rings. The number of esters is 1. The van der Waals surface area contributed by atoms with Crippen molar-refractivity contribution in [3.05, 3.63) is 82.0 Å². The van der Waals surface area contributed by atoms with E-state index in [2.05, 4.69) is 32.9 Å². The average Bonchev–Trinajstić information content (AvgIpc) is 2.88. The second kappa shape index (κ2) is 15.6. The molecule has 0 atom stereocenters. The number of benzene rings is 2. The number of carbonyl (C=O) groups excluding carboxylic acids is 1. The molecule has 0 radical (unpaired) electrons. The summed E-state index contributed by atoms with van der Waals surface area (Å²) in [5.41, 5.74) is 5.93. The predicted octanol–water partition coefficient (Wildman–Crippen LogP) is 6.84. The zero-order chi connectivity index (χ0) is 26.3. The summed E-state index contributed by atoms with van der Waals surface area (Å²) in [5.74, 6) is 1.03.